The molecule has 0 aromatic heterocycles. The lowest BCUT2D eigenvalue weighted by molar-refractivity contribution is -0.170. The second-order valence-corrected chi connectivity index (χ2v) is 3.96. The highest BCUT2D eigenvalue weighted by atomic mass is 16.7. The zero-order chi connectivity index (χ0) is 10.9. The molecule has 0 aromatic rings. The van der Waals surface area contributed by atoms with Crippen LogP contribution in [0.1, 0.15) is 32.6 Å². The third-order valence-electron chi connectivity index (χ3n) is 2.69. The molecular formula is C12H22O3. The van der Waals surface area contributed by atoms with E-state index in [1.165, 1.54) is 19.3 Å². The van der Waals surface area contributed by atoms with Crippen LogP contribution in [0.3, 0.4) is 0 Å². The fourth-order valence-corrected chi connectivity index (χ4v) is 1.70. The van der Waals surface area contributed by atoms with Crippen molar-refractivity contribution in [1.82, 2.24) is 0 Å². The summed E-state index contributed by atoms with van der Waals surface area (Å²) >= 11 is 0. The fraction of sp³-hybridized carbons (Fsp3) is 0.833. The first kappa shape index (κ1) is 12.7. The average molecular weight is 214 g/mol. The summed E-state index contributed by atoms with van der Waals surface area (Å²) in [7, 11) is 0. The van der Waals surface area contributed by atoms with E-state index in [-0.39, 0.29) is 18.6 Å². The SMILES string of the molecule is CCCCC/C=C\[C@@H]1COCO[C@H]1CO. The summed E-state index contributed by atoms with van der Waals surface area (Å²) in [5.74, 6) is 0.213. The first-order chi connectivity index (χ1) is 7.38. The first-order valence-corrected chi connectivity index (χ1v) is 5.85. The molecule has 0 unspecified atom stereocenters. The van der Waals surface area contributed by atoms with Crippen molar-refractivity contribution >= 4 is 0 Å². The molecule has 0 aromatic carbocycles. The standard InChI is InChI=1S/C12H22O3/c1-2-3-4-5-6-7-11-9-14-10-15-12(11)8-13/h6-7,11-13H,2-5,8-10H2,1H3/b7-6-/t11-,12+/m1/s1. The van der Waals surface area contributed by atoms with Crippen molar-refractivity contribution in [1.29, 1.82) is 0 Å². The Bertz CT molecular complexity index is 180. The van der Waals surface area contributed by atoms with Crippen LogP contribution in [0.25, 0.3) is 0 Å². The lowest BCUT2D eigenvalue weighted by Gasteiger charge is -2.28. The second-order valence-electron chi connectivity index (χ2n) is 3.96. The molecule has 3 nitrogen and oxygen atoms in total. The number of hydrogen-bond acceptors (Lipinski definition) is 3. The van der Waals surface area contributed by atoms with E-state index in [1.54, 1.807) is 0 Å². The molecule has 0 bridgehead atoms. The first-order valence-electron chi connectivity index (χ1n) is 5.85. The topological polar surface area (TPSA) is 38.7 Å². The molecular weight excluding hydrogens is 192 g/mol. The molecule has 15 heavy (non-hydrogen) atoms. The monoisotopic (exact) mass is 214 g/mol. The minimum Gasteiger partial charge on any atom is -0.394 e. The van der Waals surface area contributed by atoms with E-state index >= 15 is 0 Å². The molecule has 88 valence electrons. The van der Waals surface area contributed by atoms with Gasteiger partial charge in [-0.25, -0.2) is 0 Å². The van der Waals surface area contributed by atoms with Crippen molar-refractivity contribution in [3.63, 3.8) is 0 Å². The third kappa shape index (κ3) is 4.78. The highest BCUT2D eigenvalue weighted by Gasteiger charge is 2.23. The summed E-state index contributed by atoms with van der Waals surface area (Å²) in [6.45, 7) is 3.25. The minimum absolute atomic E-state index is 0.0767. The van der Waals surface area contributed by atoms with Crippen molar-refractivity contribution in [2.45, 2.75) is 38.7 Å². The smallest absolute Gasteiger partial charge is 0.147 e. The Balaban J connectivity index is 2.21. The number of aliphatic hydroxyl groups is 1. The highest BCUT2D eigenvalue weighted by Crippen LogP contribution is 2.16. The molecule has 0 radical (unpaired) electrons. The summed E-state index contributed by atoms with van der Waals surface area (Å²) in [6, 6.07) is 0. The van der Waals surface area contributed by atoms with Crippen LogP contribution in [0.5, 0.6) is 0 Å². The van der Waals surface area contributed by atoms with E-state index in [9.17, 15) is 0 Å². The van der Waals surface area contributed by atoms with Crippen LogP contribution < -0.4 is 0 Å². The number of allylic oxidation sites excluding steroid dienone is 1. The summed E-state index contributed by atoms with van der Waals surface area (Å²) in [5.41, 5.74) is 0. The predicted molar refractivity (Wildman–Crippen MR) is 59.5 cm³/mol. The molecule has 1 saturated heterocycles. The number of unbranched alkanes of at least 4 members (excludes halogenated alkanes) is 3. The summed E-state index contributed by atoms with van der Waals surface area (Å²) in [5, 5.41) is 9.09. The van der Waals surface area contributed by atoms with Gasteiger partial charge in [-0.1, -0.05) is 31.9 Å². The van der Waals surface area contributed by atoms with Gasteiger partial charge in [-0.3, -0.25) is 0 Å². The Hall–Kier alpha value is -0.380. The molecule has 1 aliphatic heterocycles. The van der Waals surface area contributed by atoms with Gasteiger partial charge in [0.25, 0.3) is 0 Å². The lowest BCUT2D eigenvalue weighted by atomic mass is 10.0. The maximum atomic E-state index is 9.09. The van der Waals surface area contributed by atoms with Gasteiger partial charge in [0.1, 0.15) is 6.79 Å². The van der Waals surface area contributed by atoms with Crippen molar-refractivity contribution in [2.75, 3.05) is 20.0 Å². The fourth-order valence-electron chi connectivity index (χ4n) is 1.70. The van der Waals surface area contributed by atoms with E-state index in [4.69, 9.17) is 14.6 Å². The lowest BCUT2D eigenvalue weighted by Crippen LogP contribution is -2.35. The van der Waals surface area contributed by atoms with Gasteiger partial charge in [0.15, 0.2) is 0 Å². The minimum atomic E-state index is -0.0822. The van der Waals surface area contributed by atoms with Gasteiger partial charge in [0.05, 0.1) is 19.3 Å². The normalized spacial score (nSPS) is 27.3. The Morgan fingerprint density at radius 3 is 3.00 bits per heavy atom. The number of ether oxygens (including phenoxy) is 2. The van der Waals surface area contributed by atoms with Crippen LogP contribution in [-0.2, 0) is 9.47 Å². The summed E-state index contributed by atoms with van der Waals surface area (Å²) in [6.07, 6.45) is 9.11. The molecule has 0 aliphatic carbocycles. The number of rotatable bonds is 6. The van der Waals surface area contributed by atoms with Crippen molar-refractivity contribution < 1.29 is 14.6 Å². The van der Waals surface area contributed by atoms with Gasteiger partial charge in [0.2, 0.25) is 0 Å². The van der Waals surface area contributed by atoms with Crippen molar-refractivity contribution in [2.24, 2.45) is 5.92 Å². The van der Waals surface area contributed by atoms with E-state index in [0.29, 0.717) is 13.4 Å². The van der Waals surface area contributed by atoms with Crippen LogP contribution in [0.15, 0.2) is 12.2 Å². The third-order valence-corrected chi connectivity index (χ3v) is 2.69. The molecule has 3 heteroatoms. The van der Waals surface area contributed by atoms with Gasteiger partial charge in [-0.15, -0.1) is 0 Å². The predicted octanol–water partition coefficient (Wildman–Crippen LogP) is 2.10. The van der Waals surface area contributed by atoms with Gasteiger partial charge < -0.3 is 14.6 Å². The Morgan fingerprint density at radius 2 is 2.27 bits per heavy atom. The molecule has 0 amide bonds. The van der Waals surface area contributed by atoms with Gasteiger partial charge in [0, 0.05) is 5.92 Å². The van der Waals surface area contributed by atoms with Crippen molar-refractivity contribution in [3.8, 4) is 0 Å². The Labute approximate surface area is 92.1 Å². The maximum absolute atomic E-state index is 9.09. The average Bonchev–Trinajstić information content (AvgIpc) is 2.29. The molecule has 1 aliphatic rings. The Kier molecular flexibility index (Phi) is 6.64. The van der Waals surface area contributed by atoms with Crippen LogP contribution in [0.2, 0.25) is 0 Å². The largest absolute Gasteiger partial charge is 0.394 e. The molecule has 0 saturated carbocycles. The van der Waals surface area contributed by atoms with Crippen LogP contribution in [0.4, 0.5) is 0 Å². The number of aliphatic hydroxyl groups excluding tert-OH is 1. The second kappa shape index (κ2) is 7.85. The zero-order valence-corrected chi connectivity index (χ0v) is 9.52. The van der Waals surface area contributed by atoms with Gasteiger partial charge in [-0.05, 0) is 12.8 Å². The van der Waals surface area contributed by atoms with Gasteiger partial charge >= 0.3 is 0 Å². The van der Waals surface area contributed by atoms with Crippen LogP contribution in [-0.4, -0.2) is 31.2 Å². The van der Waals surface area contributed by atoms with Gasteiger partial charge in [-0.2, -0.15) is 0 Å². The summed E-state index contributed by atoms with van der Waals surface area (Å²) < 4.78 is 10.5. The molecule has 0 spiro atoms. The Morgan fingerprint density at radius 1 is 1.40 bits per heavy atom. The summed E-state index contributed by atoms with van der Waals surface area (Å²) in [4.78, 5) is 0. The molecule has 2 atom stereocenters. The molecule has 1 N–H and O–H groups in total. The maximum Gasteiger partial charge on any atom is 0.147 e. The van der Waals surface area contributed by atoms with Crippen molar-refractivity contribution in [3.05, 3.63) is 12.2 Å². The zero-order valence-electron chi connectivity index (χ0n) is 9.52. The van der Waals surface area contributed by atoms with Crippen LogP contribution in [0, 0.1) is 5.92 Å². The quantitative estimate of drug-likeness (QED) is 0.543. The molecule has 1 heterocycles. The molecule has 1 fully saturated rings. The van der Waals surface area contributed by atoms with E-state index < -0.39 is 0 Å². The van der Waals surface area contributed by atoms with E-state index in [0.717, 1.165) is 6.42 Å². The molecule has 1 rings (SSSR count). The number of hydrogen-bond donors (Lipinski definition) is 1. The highest BCUT2D eigenvalue weighted by molar-refractivity contribution is 4.93. The van der Waals surface area contributed by atoms with E-state index in [2.05, 4.69) is 19.1 Å². The van der Waals surface area contributed by atoms with Crippen LogP contribution >= 0.6 is 0 Å². The van der Waals surface area contributed by atoms with E-state index in [1.807, 2.05) is 0 Å².